The molecule has 1 atom stereocenters. The van der Waals surface area contributed by atoms with Crippen LogP contribution in [0.4, 0.5) is 25.1 Å². The van der Waals surface area contributed by atoms with Crippen LogP contribution in [0.3, 0.4) is 0 Å². The van der Waals surface area contributed by atoms with Gasteiger partial charge in [0.25, 0.3) is 6.43 Å². The third-order valence-electron chi connectivity index (χ3n) is 8.82. The fraction of sp³-hybridized carbons (Fsp3) is 0.606. The number of carbonyl (C=O) groups is 2. The Hall–Kier alpha value is -2.95. The van der Waals surface area contributed by atoms with Gasteiger partial charge in [-0.3, -0.25) is 9.69 Å². The fourth-order valence-electron chi connectivity index (χ4n) is 6.20. The number of nitrogens with zero attached hydrogens (tertiary/aromatic N) is 5. The Kier molecular flexibility index (Phi) is 15.9. The molecule has 6 N–H and O–H groups in total. The number of amides is 3. The molecule has 1 aromatic carbocycles. The molecular formula is C33H50ClF2N9O3S. The van der Waals surface area contributed by atoms with Crippen LogP contribution in [-0.2, 0) is 15.8 Å². The average molecular weight is 726 g/mol. The SMILES string of the molecule is NCCN(CCN)CCNC(=O)NC1CCCCC1.O=C1CCCN1c1ccc(S(=O)N2CCN(c3cc(C(F)F)cc(Cl)n3)CC2)cc1. The van der Waals surface area contributed by atoms with Gasteiger partial charge in [0.2, 0.25) is 5.91 Å². The number of pyridine rings is 1. The van der Waals surface area contributed by atoms with Crippen molar-refractivity contribution in [2.45, 2.75) is 62.3 Å². The third kappa shape index (κ3) is 12.1. The largest absolute Gasteiger partial charge is 0.354 e. The van der Waals surface area contributed by atoms with Crippen LogP contribution < -0.4 is 31.9 Å². The Balaban J connectivity index is 0.000000246. The molecule has 3 amide bonds. The van der Waals surface area contributed by atoms with Crippen LogP contribution in [-0.4, -0.2) is 108 Å². The predicted octanol–water partition coefficient (Wildman–Crippen LogP) is 3.48. The molecule has 2 saturated heterocycles. The topological polar surface area (TPSA) is 153 Å². The Bertz CT molecular complexity index is 1360. The van der Waals surface area contributed by atoms with E-state index < -0.39 is 17.4 Å². The summed E-state index contributed by atoms with van der Waals surface area (Å²) in [6, 6.07) is 10.1. The minimum atomic E-state index is -2.61. The number of benzene rings is 1. The quantitative estimate of drug-likeness (QED) is 0.229. The zero-order chi connectivity index (χ0) is 35.2. The molecule has 49 heavy (non-hydrogen) atoms. The van der Waals surface area contributed by atoms with Crippen molar-refractivity contribution in [1.29, 1.82) is 0 Å². The first-order chi connectivity index (χ1) is 23.7. The second-order valence-corrected chi connectivity index (χ2v) is 14.2. The molecule has 3 fully saturated rings. The molecule has 0 bridgehead atoms. The van der Waals surface area contributed by atoms with Gasteiger partial charge in [-0.2, -0.15) is 0 Å². The molecule has 2 aliphatic heterocycles. The van der Waals surface area contributed by atoms with Crippen LogP contribution in [0.25, 0.3) is 0 Å². The van der Waals surface area contributed by atoms with E-state index in [4.69, 9.17) is 23.1 Å². The maximum absolute atomic E-state index is 13.0. The Morgan fingerprint density at radius 3 is 2.24 bits per heavy atom. The number of alkyl halides is 2. The van der Waals surface area contributed by atoms with Crippen LogP contribution in [0.15, 0.2) is 41.3 Å². The summed E-state index contributed by atoms with van der Waals surface area (Å²) in [5.41, 5.74) is 11.7. The van der Waals surface area contributed by atoms with Crippen molar-refractivity contribution in [1.82, 2.24) is 24.8 Å². The Morgan fingerprint density at radius 1 is 0.980 bits per heavy atom. The average Bonchev–Trinajstić information content (AvgIpc) is 3.54. The van der Waals surface area contributed by atoms with Gasteiger partial charge in [-0.05, 0) is 55.7 Å². The summed E-state index contributed by atoms with van der Waals surface area (Å²) in [5.74, 6) is 0.521. The molecule has 1 saturated carbocycles. The van der Waals surface area contributed by atoms with Gasteiger partial charge < -0.3 is 31.9 Å². The minimum absolute atomic E-state index is 0.0328. The molecule has 2 aromatic rings. The second kappa shape index (κ2) is 20.0. The van der Waals surface area contributed by atoms with Gasteiger partial charge in [0, 0.05) is 95.7 Å². The van der Waals surface area contributed by atoms with E-state index >= 15 is 0 Å². The van der Waals surface area contributed by atoms with E-state index in [1.165, 1.54) is 31.4 Å². The predicted molar refractivity (Wildman–Crippen MR) is 190 cm³/mol. The number of rotatable bonds is 13. The lowest BCUT2D eigenvalue weighted by Gasteiger charge is -2.34. The zero-order valence-electron chi connectivity index (χ0n) is 28.0. The number of anilines is 2. The van der Waals surface area contributed by atoms with Gasteiger partial charge in [0.05, 0.1) is 4.90 Å². The summed E-state index contributed by atoms with van der Waals surface area (Å²) < 4.78 is 40.8. The highest BCUT2D eigenvalue weighted by Crippen LogP contribution is 2.27. The van der Waals surface area contributed by atoms with E-state index in [1.807, 2.05) is 21.3 Å². The minimum Gasteiger partial charge on any atom is -0.354 e. The summed E-state index contributed by atoms with van der Waals surface area (Å²) in [6.45, 7) is 7.03. The van der Waals surface area contributed by atoms with E-state index in [0.29, 0.717) is 75.5 Å². The highest BCUT2D eigenvalue weighted by Gasteiger charge is 2.26. The molecule has 5 rings (SSSR count). The highest BCUT2D eigenvalue weighted by atomic mass is 35.5. The second-order valence-electron chi connectivity index (χ2n) is 12.3. The number of aromatic nitrogens is 1. The molecular weight excluding hydrogens is 676 g/mol. The number of halogens is 3. The number of nitrogens with one attached hydrogen (secondary N) is 2. The molecule has 3 heterocycles. The molecule has 1 aliphatic carbocycles. The maximum atomic E-state index is 13.0. The lowest BCUT2D eigenvalue weighted by atomic mass is 9.96. The van der Waals surface area contributed by atoms with E-state index in [1.54, 1.807) is 17.0 Å². The first-order valence-corrected chi connectivity index (χ1v) is 18.6. The van der Waals surface area contributed by atoms with Gasteiger partial charge in [0.15, 0.2) is 0 Å². The van der Waals surface area contributed by atoms with Crippen LogP contribution in [0.1, 0.15) is 56.9 Å². The molecule has 12 nitrogen and oxygen atoms in total. The molecule has 3 aliphatic rings. The van der Waals surface area contributed by atoms with Crippen molar-refractivity contribution in [2.24, 2.45) is 11.5 Å². The lowest BCUT2D eigenvalue weighted by molar-refractivity contribution is -0.117. The maximum Gasteiger partial charge on any atom is 0.315 e. The molecule has 1 aromatic heterocycles. The third-order valence-corrected chi connectivity index (χ3v) is 10.5. The van der Waals surface area contributed by atoms with E-state index in [-0.39, 0.29) is 22.7 Å². The number of hydrogen-bond acceptors (Lipinski definition) is 8. The van der Waals surface area contributed by atoms with E-state index in [2.05, 4.69) is 20.5 Å². The van der Waals surface area contributed by atoms with Crippen LogP contribution in [0.2, 0.25) is 5.15 Å². The number of carbonyl (C=O) groups excluding carboxylic acids is 2. The zero-order valence-corrected chi connectivity index (χ0v) is 29.6. The first-order valence-electron chi connectivity index (χ1n) is 17.1. The summed E-state index contributed by atoms with van der Waals surface area (Å²) >= 11 is 5.89. The molecule has 16 heteroatoms. The fourth-order valence-corrected chi connectivity index (χ4v) is 7.57. The molecule has 0 radical (unpaired) electrons. The summed E-state index contributed by atoms with van der Waals surface area (Å²) in [5, 5.41) is 5.98. The van der Waals surface area contributed by atoms with Gasteiger partial charge in [0.1, 0.15) is 22.0 Å². The first kappa shape index (κ1) is 38.8. The van der Waals surface area contributed by atoms with Crippen LogP contribution in [0, 0.1) is 0 Å². The standard InChI is InChI=1S/C20H21ClF2N4O2S.C13H29N5O/c21-17-12-14(20(22)23)13-18(24-17)25-8-10-26(11-9-25)30(29)16-5-3-15(4-6-16)27-7-1-2-19(27)28;14-6-9-18(10-7-15)11-8-16-13(19)17-12-4-2-1-3-5-12/h3-6,12-13,20H,1-2,7-11H2;12H,1-11,14-15H2,(H2,16,17,19). The number of hydrogen-bond donors (Lipinski definition) is 4. The number of nitrogens with two attached hydrogens (primary N) is 2. The highest BCUT2D eigenvalue weighted by molar-refractivity contribution is 7.82. The van der Waals surface area contributed by atoms with Crippen molar-refractivity contribution in [3.63, 3.8) is 0 Å². The summed E-state index contributed by atoms with van der Waals surface area (Å²) in [7, 11) is -1.34. The monoisotopic (exact) mass is 725 g/mol. The summed E-state index contributed by atoms with van der Waals surface area (Å²) in [4.78, 5) is 34.2. The van der Waals surface area contributed by atoms with Crippen molar-refractivity contribution >= 4 is 46.0 Å². The lowest BCUT2D eigenvalue weighted by Crippen LogP contribution is -2.47. The van der Waals surface area contributed by atoms with Crippen LogP contribution >= 0.6 is 11.6 Å². The van der Waals surface area contributed by atoms with Gasteiger partial charge in [-0.25, -0.2) is 27.1 Å². The van der Waals surface area contributed by atoms with Gasteiger partial charge in [-0.1, -0.05) is 30.9 Å². The van der Waals surface area contributed by atoms with Crippen molar-refractivity contribution in [3.05, 3.63) is 47.1 Å². The summed E-state index contributed by atoms with van der Waals surface area (Å²) in [6.07, 6.45) is 4.79. The van der Waals surface area contributed by atoms with E-state index in [9.17, 15) is 22.6 Å². The van der Waals surface area contributed by atoms with Crippen LogP contribution in [0.5, 0.6) is 0 Å². The van der Waals surface area contributed by atoms with E-state index in [0.717, 1.165) is 44.6 Å². The smallest absolute Gasteiger partial charge is 0.315 e. The van der Waals surface area contributed by atoms with Gasteiger partial charge >= 0.3 is 6.03 Å². The molecule has 0 spiro atoms. The number of urea groups is 1. The van der Waals surface area contributed by atoms with Crippen molar-refractivity contribution in [3.8, 4) is 0 Å². The Labute approximate surface area is 295 Å². The van der Waals surface area contributed by atoms with Crippen molar-refractivity contribution in [2.75, 3.05) is 81.8 Å². The van der Waals surface area contributed by atoms with Gasteiger partial charge in [-0.15, -0.1) is 0 Å². The Morgan fingerprint density at radius 2 is 1.65 bits per heavy atom. The number of piperazine rings is 1. The molecule has 1 unspecified atom stereocenters. The van der Waals surface area contributed by atoms with Crippen molar-refractivity contribution < 1.29 is 22.6 Å². The molecule has 272 valence electrons. The normalized spacial score (nSPS) is 18.1.